The Morgan fingerprint density at radius 3 is 2.57 bits per heavy atom. The number of carbonyl (C=O) groups is 2. The smallest absolute Gasteiger partial charge is 0.251 e. The molecule has 0 bridgehead atoms. The Bertz CT molecular complexity index is 887. The molecule has 1 atom stereocenters. The highest BCUT2D eigenvalue weighted by Crippen LogP contribution is 2.41. The van der Waals surface area contributed by atoms with Crippen LogP contribution in [0.1, 0.15) is 53.7 Å². The third kappa shape index (κ3) is 3.61. The number of ether oxygens (including phenoxy) is 1. The van der Waals surface area contributed by atoms with Gasteiger partial charge in [-0.3, -0.25) is 9.59 Å². The Hall–Kier alpha value is -2.82. The summed E-state index contributed by atoms with van der Waals surface area (Å²) >= 11 is 0. The molecule has 2 aliphatic rings. The van der Waals surface area contributed by atoms with E-state index in [9.17, 15) is 9.59 Å². The van der Waals surface area contributed by atoms with Crippen LogP contribution in [0.2, 0.25) is 0 Å². The number of fused-ring (bicyclic) bond motifs is 1. The maximum absolute atomic E-state index is 12.9. The van der Waals surface area contributed by atoms with E-state index in [1.807, 2.05) is 54.3 Å². The van der Waals surface area contributed by atoms with Gasteiger partial charge in [-0.25, -0.2) is 0 Å². The number of rotatable bonds is 6. The van der Waals surface area contributed by atoms with Crippen LogP contribution >= 0.6 is 0 Å². The average molecular weight is 378 g/mol. The van der Waals surface area contributed by atoms with Crippen LogP contribution in [0.25, 0.3) is 0 Å². The third-order valence-corrected chi connectivity index (χ3v) is 5.70. The van der Waals surface area contributed by atoms with Crippen molar-refractivity contribution in [3.63, 3.8) is 0 Å². The quantitative estimate of drug-likeness (QED) is 0.830. The predicted octanol–water partition coefficient (Wildman–Crippen LogP) is 3.88. The van der Waals surface area contributed by atoms with Crippen LogP contribution in [0.4, 0.5) is 5.69 Å². The lowest BCUT2D eigenvalue weighted by molar-refractivity contribution is -0.118. The van der Waals surface area contributed by atoms with Gasteiger partial charge in [0.15, 0.2) is 0 Å². The van der Waals surface area contributed by atoms with Crippen LogP contribution in [0.3, 0.4) is 0 Å². The maximum Gasteiger partial charge on any atom is 0.251 e. The molecule has 0 spiro atoms. The zero-order valence-corrected chi connectivity index (χ0v) is 16.4. The van der Waals surface area contributed by atoms with Crippen molar-refractivity contribution in [2.24, 2.45) is 5.92 Å². The van der Waals surface area contributed by atoms with Crippen molar-refractivity contribution in [1.82, 2.24) is 5.32 Å². The predicted molar refractivity (Wildman–Crippen MR) is 109 cm³/mol. The molecule has 0 saturated heterocycles. The SMILES string of the molecule is CCC(=O)N1CCc2cc(C(=O)NC(c3ccc(OC)cc3)C3CC3)ccc21. The van der Waals surface area contributed by atoms with Crippen LogP contribution in [0, 0.1) is 5.92 Å². The summed E-state index contributed by atoms with van der Waals surface area (Å²) in [6.45, 7) is 2.57. The second-order valence-electron chi connectivity index (χ2n) is 7.55. The van der Waals surface area contributed by atoms with Crippen molar-refractivity contribution in [2.45, 2.75) is 38.6 Å². The van der Waals surface area contributed by atoms with Crippen molar-refractivity contribution in [3.05, 3.63) is 59.2 Å². The number of anilines is 1. The van der Waals surface area contributed by atoms with E-state index in [0.717, 1.165) is 41.8 Å². The van der Waals surface area contributed by atoms with E-state index in [4.69, 9.17) is 4.74 Å². The van der Waals surface area contributed by atoms with Gasteiger partial charge in [-0.1, -0.05) is 19.1 Å². The number of amides is 2. The summed E-state index contributed by atoms with van der Waals surface area (Å²) in [7, 11) is 1.65. The van der Waals surface area contributed by atoms with E-state index < -0.39 is 0 Å². The lowest BCUT2D eigenvalue weighted by Crippen LogP contribution is -2.30. The first-order valence-electron chi connectivity index (χ1n) is 9.98. The molecule has 2 amide bonds. The van der Waals surface area contributed by atoms with Crippen molar-refractivity contribution in [3.8, 4) is 5.75 Å². The van der Waals surface area contributed by atoms with E-state index in [1.165, 1.54) is 0 Å². The molecule has 1 aliphatic carbocycles. The monoisotopic (exact) mass is 378 g/mol. The molecular formula is C23H26N2O3. The Balaban J connectivity index is 1.51. The first kappa shape index (κ1) is 18.5. The highest BCUT2D eigenvalue weighted by Gasteiger charge is 2.34. The molecule has 1 N–H and O–H groups in total. The first-order valence-corrected chi connectivity index (χ1v) is 9.98. The first-order chi connectivity index (χ1) is 13.6. The summed E-state index contributed by atoms with van der Waals surface area (Å²) in [5.74, 6) is 1.37. The lowest BCUT2D eigenvalue weighted by Gasteiger charge is -2.20. The molecule has 1 fully saturated rings. The van der Waals surface area contributed by atoms with Crippen LogP contribution in [-0.4, -0.2) is 25.5 Å². The van der Waals surface area contributed by atoms with Gasteiger partial charge in [0.05, 0.1) is 13.2 Å². The summed E-state index contributed by atoms with van der Waals surface area (Å²) in [4.78, 5) is 26.8. The van der Waals surface area contributed by atoms with E-state index in [0.29, 0.717) is 24.4 Å². The zero-order chi connectivity index (χ0) is 19.7. The van der Waals surface area contributed by atoms with Gasteiger partial charge in [-0.05, 0) is 66.6 Å². The molecule has 0 radical (unpaired) electrons. The highest BCUT2D eigenvalue weighted by molar-refractivity contribution is 5.98. The Morgan fingerprint density at radius 1 is 1.18 bits per heavy atom. The summed E-state index contributed by atoms with van der Waals surface area (Å²) in [5.41, 5.74) is 3.78. The number of nitrogens with zero attached hydrogens (tertiary/aromatic N) is 1. The Morgan fingerprint density at radius 2 is 1.93 bits per heavy atom. The minimum Gasteiger partial charge on any atom is -0.497 e. The molecule has 28 heavy (non-hydrogen) atoms. The summed E-state index contributed by atoms with van der Waals surface area (Å²) in [6.07, 6.45) is 3.56. The second-order valence-corrected chi connectivity index (χ2v) is 7.55. The Kier molecular flexibility index (Phi) is 5.07. The van der Waals surface area contributed by atoms with Gasteiger partial charge in [-0.2, -0.15) is 0 Å². The fraction of sp³-hybridized carbons (Fsp3) is 0.391. The number of hydrogen-bond donors (Lipinski definition) is 1. The van der Waals surface area contributed by atoms with Gasteiger partial charge in [0.1, 0.15) is 5.75 Å². The number of hydrogen-bond acceptors (Lipinski definition) is 3. The largest absolute Gasteiger partial charge is 0.497 e. The van der Waals surface area contributed by atoms with Crippen LogP contribution in [0.5, 0.6) is 5.75 Å². The van der Waals surface area contributed by atoms with E-state index in [1.54, 1.807) is 7.11 Å². The summed E-state index contributed by atoms with van der Waals surface area (Å²) in [6, 6.07) is 13.6. The van der Waals surface area contributed by atoms with E-state index in [-0.39, 0.29) is 17.9 Å². The molecule has 5 heteroatoms. The van der Waals surface area contributed by atoms with Gasteiger partial charge < -0.3 is 15.0 Å². The van der Waals surface area contributed by atoms with E-state index in [2.05, 4.69) is 5.32 Å². The van der Waals surface area contributed by atoms with E-state index >= 15 is 0 Å². The standard InChI is InChI=1S/C23H26N2O3/c1-3-21(26)25-13-12-17-14-18(8-11-20(17)25)23(27)24-22(15-4-5-15)16-6-9-19(28-2)10-7-16/h6-11,14-15,22H,3-5,12-13H2,1-2H3,(H,24,27). The molecule has 1 saturated carbocycles. The van der Waals surface area contributed by atoms with Gasteiger partial charge >= 0.3 is 0 Å². The molecule has 1 unspecified atom stereocenters. The second kappa shape index (κ2) is 7.66. The van der Waals surface area contributed by atoms with Gasteiger partial charge in [0, 0.05) is 24.2 Å². The maximum atomic E-state index is 12.9. The summed E-state index contributed by atoms with van der Waals surface area (Å²) < 4.78 is 5.24. The molecule has 1 aliphatic heterocycles. The minimum absolute atomic E-state index is 0.0184. The fourth-order valence-electron chi connectivity index (χ4n) is 3.93. The average Bonchev–Trinajstić information content (AvgIpc) is 3.49. The van der Waals surface area contributed by atoms with Crippen molar-refractivity contribution < 1.29 is 14.3 Å². The minimum atomic E-state index is -0.0595. The molecule has 146 valence electrons. The molecule has 1 heterocycles. The molecule has 2 aromatic carbocycles. The number of methoxy groups -OCH3 is 1. The van der Waals surface area contributed by atoms with Crippen molar-refractivity contribution in [2.75, 3.05) is 18.6 Å². The molecule has 0 aromatic heterocycles. The zero-order valence-electron chi connectivity index (χ0n) is 16.4. The number of carbonyl (C=O) groups excluding carboxylic acids is 2. The van der Waals surface area contributed by atoms with Crippen LogP contribution in [0.15, 0.2) is 42.5 Å². The van der Waals surface area contributed by atoms with Gasteiger partial charge in [0.25, 0.3) is 5.91 Å². The van der Waals surface area contributed by atoms with Crippen LogP contribution < -0.4 is 15.0 Å². The lowest BCUT2D eigenvalue weighted by atomic mass is 10.0. The highest BCUT2D eigenvalue weighted by atomic mass is 16.5. The Labute approximate surface area is 165 Å². The fourth-order valence-corrected chi connectivity index (χ4v) is 3.93. The topological polar surface area (TPSA) is 58.6 Å². The summed E-state index contributed by atoms with van der Waals surface area (Å²) in [5, 5.41) is 3.23. The number of nitrogens with one attached hydrogen (secondary N) is 1. The molecule has 5 nitrogen and oxygen atoms in total. The van der Waals surface area contributed by atoms with Gasteiger partial charge in [0.2, 0.25) is 5.91 Å². The van der Waals surface area contributed by atoms with Crippen molar-refractivity contribution >= 4 is 17.5 Å². The normalized spacial score (nSPS) is 16.4. The van der Waals surface area contributed by atoms with Crippen molar-refractivity contribution in [1.29, 1.82) is 0 Å². The number of benzene rings is 2. The molecular weight excluding hydrogens is 352 g/mol. The van der Waals surface area contributed by atoms with Gasteiger partial charge in [-0.15, -0.1) is 0 Å². The molecule has 2 aromatic rings. The third-order valence-electron chi connectivity index (χ3n) is 5.70. The van der Waals surface area contributed by atoms with Crippen LogP contribution in [-0.2, 0) is 11.2 Å². The molecule has 4 rings (SSSR count).